The van der Waals surface area contributed by atoms with Gasteiger partial charge in [0.15, 0.2) is 6.10 Å². The molecule has 2 rings (SSSR count). The van der Waals surface area contributed by atoms with E-state index in [0.29, 0.717) is 0 Å². The number of benzene rings is 2. The second kappa shape index (κ2) is 6.24. The summed E-state index contributed by atoms with van der Waals surface area (Å²) in [6.07, 6.45) is -0.546. The van der Waals surface area contributed by atoms with E-state index in [1.54, 1.807) is 6.92 Å². The largest absolute Gasteiger partial charge is 0.481 e. The highest BCUT2D eigenvalue weighted by molar-refractivity contribution is 5.94. The second-order valence-corrected chi connectivity index (χ2v) is 4.88. The van der Waals surface area contributed by atoms with Gasteiger partial charge in [0.1, 0.15) is 5.75 Å². The first-order valence-corrected chi connectivity index (χ1v) is 6.66. The topological polar surface area (TPSA) is 38.3 Å². The van der Waals surface area contributed by atoms with Crippen molar-refractivity contribution in [2.75, 3.05) is 5.32 Å². The van der Waals surface area contributed by atoms with Gasteiger partial charge in [-0.1, -0.05) is 30.3 Å². The molecule has 0 aliphatic rings. The molecule has 0 saturated carbocycles. The van der Waals surface area contributed by atoms with Gasteiger partial charge in [0, 0.05) is 5.69 Å². The molecule has 1 N–H and O–H groups in total. The van der Waals surface area contributed by atoms with Crippen LogP contribution in [0, 0.1) is 13.8 Å². The van der Waals surface area contributed by atoms with Crippen LogP contribution in [0.2, 0.25) is 0 Å². The molecule has 1 atom stereocenters. The Labute approximate surface area is 119 Å². The minimum absolute atomic E-state index is 0.155. The molecule has 3 heteroatoms. The van der Waals surface area contributed by atoms with Crippen LogP contribution in [0.15, 0.2) is 48.5 Å². The zero-order valence-electron chi connectivity index (χ0n) is 12.0. The van der Waals surface area contributed by atoms with Crippen molar-refractivity contribution in [3.8, 4) is 5.75 Å². The van der Waals surface area contributed by atoms with Crippen LogP contribution in [0.3, 0.4) is 0 Å². The zero-order chi connectivity index (χ0) is 14.5. The third kappa shape index (κ3) is 3.60. The smallest absolute Gasteiger partial charge is 0.265 e. The number of para-hydroxylation sites is 1. The van der Waals surface area contributed by atoms with Crippen LogP contribution >= 0.6 is 0 Å². The summed E-state index contributed by atoms with van der Waals surface area (Å²) in [6, 6.07) is 15.3. The van der Waals surface area contributed by atoms with E-state index < -0.39 is 6.10 Å². The lowest BCUT2D eigenvalue weighted by Gasteiger charge is -2.16. The normalized spacial score (nSPS) is 11.8. The van der Waals surface area contributed by atoms with Crippen molar-refractivity contribution >= 4 is 11.6 Å². The highest BCUT2D eigenvalue weighted by atomic mass is 16.5. The maximum Gasteiger partial charge on any atom is 0.265 e. The molecular formula is C17H19NO2. The molecule has 104 valence electrons. The van der Waals surface area contributed by atoms with Gasteiger partial charge in [0.25, 0.3) is 5.91 Å². The minimum atomic E-state index is -0.546. The van der Waals surface area contributed by atoms with Gasteiger partial charge in [0.2, 0.25) is 0 Å². The molecular weight excluding hydrogens is 250 g/mol. The van der Waals surface area contributed by atoms with Crippen LogP contribution < -0.4 is 10.1 Å². The van der Waals surface area contributed by atoms with E-state index in [2.05, 4.69) is 5.32 Å². The summed E-state index contributed by atoms with van der Waals surface area (Å²) < 4.78 is 5.75. The van der Waals surface area contributed by atoms with Crippen LogP contribution in [0.25, 0.3) is 0 Å². The lowest BCUT2D eigenvalue weighted by molar-refractivity contribution is -0.122. The quantitative estimate of drug-likeness (QED) is 0.919. The predicted molar refractivity (Wildman–Crippen MR) is 81.1 cm³/mol. The Hall–Kier alpha value is -2.29. The van der Waals surface area contributed by atoms with Crippen molar-refractivity contribution in [2.45, 2.75) is 26.9 Å². The van der Waals surface area contributed by atoms with Gasteiger partial charge in [-0.3, -0.25) is 4.79 Å². The van der Waals surface area contributed by atoms with Gasteiger partial charge < -0.3 is 10.1 Å². The average molecular weight is 269 g/mol. The second-order valence-electron chi connectivity index (χ2n) is 4.88. The fourth-order valence-electron chi connectivity index (χ4n) is 1.84. The standard InChI is InChI=1S/C17H19NO2/c1-12-9-10-13(2)16(11-12)20-14(3)17(19)18-15-7-5-4-6-8-15/h4-11,14H,1-3H3,(H,18,19)/t14-/m0/s1. The molecule has 0 radical (unpaired) electrons. The van der Waals surface area contributed by atoms with Crippen molar-refractivity contribution in [2.24, 2.45) is 0 Å². The highest BCUT2D eigenvalue weighted by Crippen LogP contribution is 2.20. The Morgan fingerprint density at radius 1 is 1.10 bits per heavy atom. The number of carbonyl (C=O) groups is 1. The van der Waals surface area contributed by atoms with Crippen LogP contribution in [-0.4, -0.2) is 12.0 Å². The molecule has 0 aromatic heterocycles. The first-order chi connectivity index (χ1) is 9.56. The van der Waals surface area contributed by atoms with Gasteiger partial charge in [-0.05, 0) is 50.1 Å². The molecule has 0 unspecified atom stereocenters. The Kier molecular flexibility index (Phi) is 4.41. The Bertz CT molecular complexity index is 593. The Morgan fingerprint density at radius 2 is 1.80 bits per heavy atom. The maximum absolute atomic E-state index is 12.1. The number of hydrogen-bond acceptors (Lipinski definition) is 2. The molecule has 0 heterocycles. The van der Waals surface area contributed by atoms with Gasteiger partial charge in [-0.2, -0.15) is 0 Å². The Balaban J connectivity index is 2.02. The summed E-state index contributed by atoms with van der Waals surface area (Å²) >= 11 is 0. The Morgan fingerprint density at radius 3 is 2.50 bits per heavy atom. The molecule has 0 spiro atoms. The van der Waals surface area contributed by atoms with Crippen LogP contribution in [0.4, 0.5) is 5.69 Å². The number of nitrogens with one attached hydrogen (secondary N) is 1. The number of carbonyl (C=O) groups excluding carboxylic acids is 1. The maximum atomic E-state index is 12.1. The molecule has 0 aliphatic carbocycles. The summed E-state index contributed by atoms with van der Waals surface area (Å²) in [5.74, 6) is 0.595. The van der Waals surface area contributed by atoms with Crippen molar-refractivity contribution in [3.05, 3.63) is 59.7 Å². The van der Waals surface area contributed by atoms with E-state index in [0.717, 1.165) is 22.6 Å². The summed E-state index contributed by atoms with van der Waals surface area (Å²) in [5, 5.41) is 2.83. The number of aryl methyl sites for hydroxylation is 2. The van der Waals surface area contributed by atoms with Gasteiger partial charge in [-0.25, -0.2) is 0 Å². The fourth-order valence-corrected chi connectivity index (χ4v) is 1.84. The minimum Gasteiger partial charge on any atom is -0.481 e. The molecule has 20 heavy (non-hydrogen) atoms. The molecule has 0 bridgehead atoms. The van der Waals surface area contributed by atoms with Gasteiger partial charge in [-0.15, -0.1) is 0 Å². The number of anilines is 1. The molecule has 0 aliphatic heterocycles. The molecule has 2 aromatic carbocycles. The van der Waals surface area contributed by atoms with E-state index in [1.807, 2.05) is 62.4 Å². The van der Waals surface area contributed by atoms with E-state index in [9.17, 15) is 4.79 Å². The first-order valence-electron chi connectivity index (χ1n) is 6.66. The summed E-state index contributed by atoms with van der Waals surface area (Å²) in [6.45, 7) is 5.72. The zero-order valence-corrected chi connectivity index (χ0v) is 12.0. The number of rotatable bonds is 4. The lowest BCUT2D eigenvalue weighted by Crippen LogP contribution is -2.30. The first kappa shape index (κ1) is 14.1. The van der Waals surface area contributed by atoms with Crippen LogP contribution in [0.5, 0.6) is 5.75 Å². The lowest BCUT2D eigenvalue weighted by atomic mass is 10.1. The van der Waals surface area contributed by atoms with Crippen molar-refractivity contribution in [1.82, 2.24) is 0 Å². The third-order valence-corrected chi connectivity index (χ3v) is 3.06. The molecule has 1 amide bonds. The molecule has 3 nitrogen and oxygen atoms in total. The predicted octanol–water partition coefficient (Wildman–Crippen LogP) is 3.71. The monoisotopic (exact) mass is 269 g/mol. The van der Waals surface area contributed by atoms with Crippen molar-refractivity contribution in [3.63, 3.8) is 0 Å². The van der Waals surface area contributed by atoms with E-state index in [1.165, 1.54) is 0 Å². The van der Waals surface area contributed by atoms with Gasteiger partial charge in [0.05, 0.1) is 0 Å². The third-order valence-electron chi connectivity index (χ3n) is 3.06. The van der Waals surface area contributed by atoms with E-state index >= 15 is 0 Å². The van der Waals surface area contributed by atoms with Gasteiger partial charge >= 0.3 is 0 Å². The summed E-state index contributed by atoms with van der Waals surface area (Å²) in [7, 11) is 0. The van der Waals surface area contributed by atoms with Crippen LogP contribution in [0.1, 0.15) is 18.1 Å². The van der Waals surface area contributed by atoms with E-state index in [4.69, 9.17) is 4.74 Å². The fraction of sp³-hybridized carbons (Fsp3) is 0.235. The molecule has 0 saturated heterocycles. The average Bonchev–Trinajstić information content (AvgIpc) is 2.44. The number of hydrogen-bond donors (Lipinski definition) is 1. The highest BCUT2D eigenvalue weighted by Gasteiger charge is 2.15. The van der Waals surface area contributed by atoms with Crippen molar-refractivity contribution < 1.29 is 9.53 Å². The van der Waals surface area contributed by atoms with Crippen LogP contribution in [-0.2, 0) is 4.79 Å². The SMILES string of the molecule is Cc1ccc(C)c(O[C@@H](C)C(=O)Nc2ccccc2)c1. The van der Waals surface area contributed by atoms with E-state index in [-0.39, 0.29) is 5.91 Å². The number of ether oxygens (including phenoxy) is 1. The molecule has 0 fully saturated rings. The summed E-state index contributed by atoms with van der Waals surface area (Å²) in [4.78, 5) is 12.1. The number of amides is 1. The van der Waals surface area contributed by atoms with Crippen molar-refractivity contribution in [1.29, 1.82) is 0 Å². The molecule has 2 aromatic rings. The summed E-state index contributed by atoms with van der Waals surface area (Å²) in [5.41, 5.74) is 2.91.